The highest BCUT2D eigenvalue weighted by atomic mass is 16.5. The summed E-state index contributed by atoms with van der Waals surface area (Å²) in [5, 5.41) is 5.67. The summed E-state index contributed by atoms with van der Waals surface area (Å²) in [5.41, 5.74) is -0.0376. The van der Waals surface area contributed by atoms with Crippen LogP contribution in [0.15, 0.2) is 42.5 Å². The van der Waals surface area contributed by atoms with Gasteiger partial charge in [0.25, 0.3) is 0 Å². The second-order valence-corrected chi connectivity index (χ2v) is 4.63. The fourth-order valence-corrected chi connectivity index (χ4v) is 2.10. The molecule has 1 N–H and O–H groups in total. The van der Waals surface area contributed by atoms with E-state index in [4.69, 9.17) is 4.74 Å². The second kappa shape index (κ2) is 3.49. The highest BCUT2D eigenvalue weighted by Gasteiger charge is 2.34. The molecule has 2 heteroatoms. The van der Waals surface area contributed by atoms with Crippen molar-refractivity contribution in [3.63, 3.8) is 0 Å². The molecule has 2 aromatic carbocycles. The van der Waals surface area contributed by atoms with Crippen molar-refractivity contribution in [2.24, 2.45) is 0 Å². The zero-order valence-electron chi connectivity index (χ0n) is 9.36. The lowest BCUT2D eigenvalue weighted by Crippen LogP contribution is -2.61. The molecule has 0 atom stereocenters. The van der Waals surface area contributed by atoms with E-state index in [1.165, 1.54) is 10.8 Å². The number of ether oxygens (including phenoxy) is 1. The molecule has 0 spiro atoms. The Morgan fingerprint density at radius 3 is 2.56 bits per heavy atom. The molecule has 2 nitrogen and oxygen atoms in total. The van der Waals surface area contributed by atoms with Gasteiger partial charge in [0.2, 0.25) is 0 Å². The summed E-state index contributed by atoms with van der Waals surface area (Å²) in [6, 6.07) is 14.5. The topological polar surface area (TPSA) is 21.3 Å². The van der Waals surface area contributed by atoms with Gasteiger partial charge in [-0.15, -0.1) is 0 Å². The first kappa shape index (κ1) is 9.67. The minimum absolute atomic E-state index is 0.0376. The Morgan fingerprint density at radius 1 is 1.06 bits per heavy atom. The monoisotopic (exact) mass is 213 g/mol. The molecule has 1 saturated heterocycles. The highest BCUT2D eigenvalue weighted by molar-refractivity contribution is 5.88. The van der Waals surface area contributed by atoms with Gasteiger partial charge in [-0.25, -0.2) is 0 Å². The minimum Gasteiger partial charge on any atom is -0.484 e. The van der Waals surface area contributed by atoms with Crippen molar-refractivity contribution in [1.82, 2.24) is 5.32 Å². The molecule has 1 aliphatic heterocycles. The highest BCUT2D eigenvalue weighted by Crippen LogP contribution is 2.29. The van der Waals surface area contributed by atoms with Gasteiger partial charge in [-0.3, -0.25) is 0 Å². The van der Waals surface area contributed by atoms with Crippen LogP contribution in [0.4, 0.5) is 0 Å². The molecule has 0 bridgehead atoms. The van der Waals surface area contributed by atoms with Crippen LogP contribution in [0.25, 0.3) is 10.8 Å². The van der Waals surface area contributed by atoms with E-state index in [-0.39, 0.29) is 5.60 Å². The summed E-state index contributed by atoms with van der Waals surface area (Å²) in [7, 11) is 0. The van der Waals surface area contributed by atoms with Crippen molar-refractivity contribution in [2.75, 3.05) is 13.1 Å². The van der Waals surface area contributed by atoms with Crippen LogP contribution in [0, 0.1) is 0 Å². The van der Waals surface area contributed by atoms with Gasteiger partial charge in [-0.05, 0) is 18.4 Å². The average Bonchev–Trinajstić information content (AvgIpc) is 2.27. The maximum absolute atomic E-state index is 6.09. The lowest BCUT2D eigenvalue weighted by atomic mass is 9.99. The predicted octanol–water partition coefficient (Wildman–Crippen LogP) is 2.58. The van der Waals surface area contributed by atoms with Gasteiger partial charge in [-0.1, -0.05) is 36.4 Å². The molecule has 0 aromatic heterocycles. The minimum atomic E-state index is -0.0376. The zero-order chi connectivity index (χ0) is 11.0. The Kier molecular flexibility index (Phi) is 2.11. The van der Waals surface area contributed by atoms with Gasteiger partial charge in [0, 0.05) is 18.5 Å². The van der Waals surface area contributed by atoms with Gasteiger partial charge in [0.1, 0.15) is 11.4 Å². The fraction of sp³-hybridized carbons (Fsp3) is 0.286. The molecule has 0 amide bonds. The molecular formula is C14H15NO. The van der Waals surface area contributed by atoms with E-state index in [0.717, 1.165) is 18.8 Å². The molecule has 1 aliphatic rings. The van der Waals surface area contributed by atoms with Crippen LogP contribution in [0.3, 0.4) is 0 Å². The Morgan fingerprint density at radius 2 is 1.81 bits per heavy atom. The van der Waals surface area contributed by atoms with Crippen LogP contribution in [0.2, 0.25) is 0 Å². The van der Waals surface area contributed by atoms with Gasteiger partial charge in [0.15, 0.2) is 0 Å². The average molecular weight is 213 g/mol. The third kappa shape index (κ3) is 1.55. The van der Waals surface area contributed by atoms with Gasteiger partial charge in [-0.2, -0.15) is 0 Å². The Labute approximate surface area is 95.2 Å². The molecular weight excluding hydrogens is 198 g/mol. The number of hydrogen-bond donors (Lipinski definition) is 1. The summed E-state index contributed by atoms with van der Waals surface area (Å²) in [4.78, 5) is 0. The van der Waals surface area contributed by atoms with E-state index in [1.54, 1.807) is 0 Å². The van der Waals surface area contributed by atoms with Crippen LogP contribution in [-0.4, -0.2) is 18.7 Å². The summed E-state index contributed by atoms with van der Waals surface area (Å²) >= 11 is 0. The van der Waals surface area contributed by atoms with Gasteiger partial charge < -0.3 is 10.1 Å². The number of rotatable bonds is 2. The van der Waals surface area contributed by atoms with Crippen molar-refractivity contribution in [1.29, 1.82) is 0 Å². The molecule has 0 aliphatic carbocycles. The van der Waals surface area contributed by atoms with E-state index in [2.05, 4.69) is 42.6 Å². The molecule has 3 rings (SSSR count). The lowest BCUT2D eigenvalue weighted by molar-refractivity contribution is 0.0364. The Hall–Kier alpha value is -1.54. The smallest absolute Gasteiger partial charge is 0.131 e. The molecule has 82 valence electrons. The van der Waals surface area contributed by atoms with Gasteiger partial charge >= 0.3 is 0 Å². The first-order valence-corrected chi connectivity index (χ1v) is 5.64. The SMILES string of the molecule is CC1(Oc2cccc3ccccc23)CNC1. The maximum Gasteiger partial charge on any atom is 0.131 e. The first-order chi connectivity index (χ1) is 7.77. The van der Waals surface area contributed by atoms with E-state index in [1.807, 2.05) is 12.1 Å². The van der Waals surface area contributed by atoms with Crippen LogP contribution < -0.4 is 10.1 Å². The second-order valence-electron chi connectivity index (χ2n) is 4.63. The largest absolute Gasteiger partial charge is 0.484 e. The van der Waals surface area contributed by atoms with E-state index >= 15 is 0 Å². The zero-order valence-corrected chi connectivity index (χ0v) is 9.36. The lowest BCUT2D eigenvalue weighted by Gasteiger charge is -2.39. The molecule has 0 saturated carbocycles. The number of hydrogen-bond acceptors (Lipinski definition) is 2. The molecule has 0 radical (unpaired) electrons. The molecule has 16 heavy (non-hydrogen) atoms. The maximum atomic E-state index is 6.09. The van der Waals surface area contributed by atoms with Crippen molar-refractivity contribution in [3.05, 3.63) is 42.5 Å². The Balaban J connectivity index is 2.03. The summed E-state index contributed by atoms with van der Waals surface area (Å²) in [5.74, 6) is 0.988. The van der Waals surface area contributed by atoms with Crippen molar-refractivity contribution < 1.29 is 4.74 Å². The van der Waals surface area contributed by atoms with E-state index in [0.29, 0.717) is 0 Å². The summed E-state index contributed by atoms with van der Waals surface area (Å²) < 4.78 is 6.09. The van der Waals surface area contributed by atoms with Crippen molar-refractivity contribution >= 4 is 10.8 Å². The molecule has 1 heterocycles. The molecule has 0 unspecified atom stereocenters. The number of fused-ring (bicyclic) bond motifs is 1. The van der Waals surface area contributed by atoms with E-state index < -0.39 is 0 Å². The fourth-order valence-electron chi connectivity index (χ4n) is 2.10. The van der Waals surface area contributed by atoms with E-state index in [9.17, 15) is 0 Å². The van der Waals surface area contributed by atoms with Crippen LogP contribution >= 0.6 is 0 Å². The molecule has 1 fully saturated rings. The quantitative estimate of drug-likeness (QED) is 0.828. The normalized spacial score (nSPS) is 18.1. The Bertz CT molecular complexity index is 512. The third-order valence-corrected chi connectivity index (χ3v) is 3.10. The van der Waals surface area contributed by atoms with Crippen molar-refractivity contribution in [2.45, 2.75) is 12.5 Å². The molecule has 2 aromatic rings. The van der Waals surface area contributed by atoms with Crippen LogP contribution in [0.5, 0.6) is 5.75 Å². The third-order valence-electron chi connectivity index (χ3n) is 3.10. The summed E-state index contributed by atoms with van der Waals surface area (Å²) in [6.07, 6.45) is 0. The number of benzene rings is 2. The predicted molar refractivity (Wildman–Crippen MR) is 65.9 cm³/mol. The standard InChI is InChI=1S/C14H15NO/c1-14(9-15-10-14)16-13-8-4-6-11-5-2-3-7-12(11)13/h2-8,15H,9-10H2,1H3. The van der Waals surface area contributed by atoms with Crippen LogP contribution in [0.1, 0.15) is 6.92 Å². The van der Waals surface area contributed by atoms with Crippen molar-refractivity contribution in [3.8, 4) is 5.75 Å². The first-order valence-electron chi connectivity index (χ1n) is 5.64. The van der Waals surface area contributed by atoms with Crippen LogP contribution in [-0.2, 0) is 0 Å². The summed E-state index contributed by atoms with van der Waals surface area (Å²) in [6.45, 7) is 4.00. The van der Waals surface area contributed by atoms with Gasteiger partial charge in [0.05, 0.1) is 0 Å². The number of nitrogens with one attached hydrogen (secondary N) is 1.